The highest BCUT2D eigenvalue weighted by Gasteiger charge is 1.99. The highest BCUT2D eigenvalue weighted by Crippen LogP contribution is 2.07. The quantitative estimate of drug-likeness (QED) is 0.759. The van der Waals surface area contributed by atoms with E-state index in [0.29, 0.717) is 0 Å². The fraction of sp³-hybridized carbons (Fsp3) is 0.167. The monoisotopic (exact) mass is 199 g/mol. The number of benzene rings is 1. The number of nitrogens with zero attached hydrogens (tertiary/aromatic N) is 3. The van der Waals surface area contributed by atoms with Crippen LogP contribution in [0, 0.1) is 6.92 Å². The largest absolute Gasteiger partial charge is 0.246 e. The van der Waals surface area contributed by atoms with E-state index in [1.807, 2.05) is 17.7 Å². The summed E-state index contributed by atoms with van der Waals surface area (Å²) in [6.07, 6.45) is 3.41. The highest BCUT2D eigenvalue weighted by molar-refractivity contribution is 5.47. The Kier molecular flexibility index (Phi) is 2.63. The second kappa shape index (κ2) is 4.09. The summed E-state index contributed by atoms with van der Waals surface area (Å²) in [5, 5.41) is 4.14. The standard InChI is InChI=1S/C12H13N3/c1-3-11-4-6-12(7-5-11)8-15-10(2)13-9-14-15/h3-7,9H,1,8H2,2H3. The van der Waals surface area contributed by atoms with Gasteiger partial charge in [-0.15, -0.1) is 0 Å². The maximum atomic E-state index is 4.14. The summed E-state index contributed by atoms with van der Waals surface area (Å²) in [6, 6.07) is 8.26. The van der Waals surface area contributed by atoms with Gasteiger partial charge in [-0.05, 0) is 18.1 Å². The number of hydrogen-bond donors (Lipinski definition) is 0. The van der Waals surface area contributed by atoms with Crippen LogP contribution in [0.3, 0.4) is 0 Å². The maximum Gasteiger partial charge on any atom is 0.138 e. The lowest BCUT2D eigenvalue weighted by Crippen LogP contribution is -2.03. The molecule has 0 spiro atoms. The molecule has 2 rings (SSSR count). The molecule has 3 heteroatoms. The second-order valence-corrected chi connectivity index (χ2v) is 3.41. The Morgan fingerprint density at radius 3 is 2.60 bits per heavy atom. The van der Waals surface area contributed by atoms with E-state index in [2.05, 4.69) is 40.9 Å². The van der Waals surface area contributed by atoms with E-state index < -0.39 is 0 Å². The Balaban J connectivity index is 2.18. The Hall–Kier alpha value is -1.90. The maximum absolute atomic E-state index is 4.14. The van der Waals surface area contributed by atoms with Gasteiger partial charge >= 0.3 is 0 Å². The van der Waals surface area contributed by atoms with Crippen LogP contribution in [0.15, 0.2) is 37.2 Å². The average Bonchev–Trinajstić information content (AvgIpc) is 2.66. The molecule has 15 heavy (non-hydrogen) atoms. The number of aryl methyl sites for hydroxylation is 1. The van der Waals surface area contributed by atoms with Gasteiger partial charge in [-0.1, -0.05) is 36.9 Å². The second-order valence-electron chi connectivity index (χ2n) is 3.41. The highest BCUT2D eigenvalue weighted by atomic mass is 15.3. The minimum Gasteiger partial charge on any atom is -0.246 e. The van der Waals surface area contributed by atoms with Gasteiger partial charge in [0.05, 0.1) is 6.54 Å². The smallest absolute Gasteiger partial charge is 0.138 e. The van der Waals surface area contributed by atoms with Crippen LogP contribution < -0.4 is 0 Å². The topological polar surface area (TPSA) is 30.7 Å². The summed E-state index contributed by atoms with van der Waals surface area (Å²) in [5.41, 5.74) is 2.35. The molecule has 0 N–H and O–H groups in total. The van der Waals surface area contributed by atoms with Gasteiger partial charge in [0.2, 0.25) is 0 Å². The van der Waals surface area contributed by atoms with Gasteiger partial charge in [0.25, 0.3) is 0 Å². The van der Waals surface area contributed by atoms with Crippen molar-refractivity contribution in [2.75, 3.05) is 0 Å². The van der Waals surface area contributed by atoms with E-state index in [1.54, 1.807) is 6.33 Å². The molecule has 0 radical (unpaired) electrons. The Morgan fingerprint density at radius 1 is 1.33 bits per heavy atom. The molecule has 0 saturated heterocycles. The normalized spacial score (nSPS) is 10.2. The molecule has 0 aliphatic heterocycles. The Morgan fingerprint density at radius 2 is 2.07 bits per heavy atom. The lowest BCUT2D eigenvalue weighted by atomic mass is 10.1. The van der Waals surface area contributed by atoms with Crippen molar-refractivity contribution >= 4 is 6.08 Å². The molecule has 2 aromatic rings. The lowest BCUT2D eigenvalue weighted by molar-refractivity contribution is 0.660. The first-order valence-electron chi connectivity index (χ1n) is 4.85. The first-order valence-corrected chi connectivity index (χ1v) is 4.85. The summed E-state index contributed by atoms with van der Waals surface area (Å²) >= 11 is 0. The van der Waals surface area contributed by atoms with Crippen molar-refractivity contribution in [2.45, 2.75) is 13.5 Å². The van der Waals surface area contributed by atoms with E-state index in [-0.39, 0.29) is 0 Å². The van der Waals surface area contributed by atoms with Crippen molar-refractivity contribution < 1.29 is 0 Å². The van der Waals surface area contributed by atoms with Crippen LogP contribution in [-0.4, -0.2) is 14.8 Å². The molecular weight excluding hydrogens is 186 g/mol. The number of rotatable bonds is 3. The Labute approximate surface area is 89.1 Å². The van der Waals surface area contributed by atoms with Crippen molar-refractivity contribution in [3.63, 3.8) is 0 Å². The average molecular weight is 199 g/mol. The van der Waals surface area contributed by atoms with Crippen molar-refractivity contribution in [3.8, 4) is 0 Å². The van der Waals surface area contributed by atoms with E-state index in [1.165, 1.54) is 5.56 Å². The molecule has 76 valence electrons. The summed E-state index contributed by atoms with van der Waals surface area (Å²) in [5.74, 6) is 0.933. The molecule has 0 fully saturated rings. The van der Waals surface area contributed by atoms with Crippen LogP contribution in [0.25, 0.3) is 6.08 Å². The third kappa shape index (κ3) is 2.13. The van der Waals surface area contributed by atoms with Crippen molar-refractivity contribution in [1.29, 1.82) is 0 Å². The van der Waals surface area contributed by atoms with Gasteiger partial charge in [0.1, 0.15) is 12.2 Å². The summed E-state index contributed by atoms with van der Waals surface area (Å²) < 4.78 is 1.88. The van der Waals surface area contributed by atoms with Crippen LogP contribution in [0.2, 0.25) is 0 Å². The zero-order chi connectivity index (χ0) is 10.7. The minimum atomic E-state index is 0.767. The van der Waals surface area contributed by atoms with Crippen LogP contribution in [-0.2, 0) is 6.54 Å². The SMILES string of the molecule is C=Cc1ccc(Cn2ncnc2C)cc1. The zero-order valence-electron chi connectivity index (χ0n) is 8.72. The lowest BCUT2D eigenvalue weighted by Gasteiger charge is -2.03. The third-order valence-electron chi connectivity index (χ3n) is 2.36. The molecule has 1 aromatic carbocycles. The van der Waals surface area contributed by atoms with E-state index in [4.69, 9.17) is 0 Å². The van der Waals surface area contributed by atoms with Crippen LogP contribution in [0.5, 0.6) is 0 Å². The number of aromatic nitrogens is 3. The van der Waals surface area contributed by atoms with Crippen molar-refractivity contribution in [2.24, 2.45) is 0 Å². The molecule has 3 nitrogen and oxygen atoms in total. The molecule has 0 atom stereocenters. The molecule has 0 aliphatic carbocycles. The van der Waals surface area contributed by atoms with Gasteiger partial charge in [0.15, 0.2) is 0 Å². The third-order valence-corrected chi connectivity index (χ3v) is 2.36. The van der Waals surface area contributed by atoms with Crippen LogP contribution >= 0.6 is 0 Å². The minimum absolute atomic E-state index is 0.767. The fourth-order valence-electron chi connectivity index (χ4n) is 1.41. The van der Waals surface area contributed by atoms with Crippen molar-refractivity contribution in [1.82, 2.24) is 14.8 Å². The van der Waals surface area contributed by atoms with E-state index in [0.717, 1.165) is 17.9 Å². The van der Waals surface area contributed by atoms with Gasteiger partial charge < -0.3 is 0 Å². The Bertz CT molecular complexity index is 454. The van der Waals surface area contributed by atoms with Gasteiger partial charge in [-0.25, -0.2) is 9.67 Å². The molecular formula is C12H13N3. The number of hydrogen-bond acceptors (Lipinski definition) is 2. The molecule has 0 aliphatic rings. The van der Waals surface area contributed by atoms with Gasteiger partial charge in [-0.2, -0.15) is 5.10 Å². The zero-order valence-corrected chi connectivity index (χ0v) is 8.72. The summed E-state index contributed by atoms with van der Waals surface area (Å²) in [6.45, 7) is 6.44. The van der Waals surface area contributed by atoms with Crippen LogP contribution in [0.4, 0.5) is 0 Å². The molecule has 0 amide bonds. The van der Waals surface area contributed by atoms with Gasteiger partial charge in [0, 0.05) is 0 Å². The first kappa shape index (κ1) is 9.65. The van der Waals surface area contributed by atoms with Gasteiger partial charge in [-0.3, -0.25) is 0 Å². The predicted molar refractivity (Wildman–Crippen MR) is 60.4 cm³/mol. The van der Waals surface area contributed by atoms with E-state index >= 15 is 0 Å². The molecule has 1 heterocycles. The summed E-state index contributed by atoms with van der Waals surface area (Å²) in [4.78, 5) is 4.08. The molecule has 0 bridgehead atoms. The predicted octanol–water partition coefficient (Wildman–Crippen LogP) is 2.28. The van der Waals surface area contributed by atoms with E-state index in [9.17, 15) is 0 Å². The molecule has 0 unspecified atom stereocenters. The molecule has 1 aromatic heterocycles. The first-order chi connectivity index (χ1) is 7.29. The fourth-order valence-corrected chi connectivity index (χ4v) is 1.41. The van der Waals surface area contributed by atoms with Crippen LogP contribution in [0.1, 0.15) is 17.0 Å². The van der Waals surface area contributed by atoms with Crippen molar-refractivity contribution in [3.05, 3.63) is 54.1 Å². The molecule has 0 saturated carbocycles. The summed E-state index contributed by atoms with van der Waals surface area (Å²) in [7, 11) is 0.